The number of aromatic nitrogens is 2. The zero-order chi connectivity index (χ0) is 34.3. The van der Waals surface area contributed by atoms with E-state index in [1.165, 1.54) is 0 Å². The van der Waals surface area contributed by atoms with Gasteiger partial charge in [0.15, 0.2) is 23.0 Å². The van der Waals surface area contributed by atoms with E-state index in [0.29, 0.717) is 12.3 Å². The smallest absolute Gasteiger partial charge is 0.423 e. The second-order valence-electron chi connectivity index (χ2n) is 11.7. The van der Waals surface area contributed by atoms with Crippen molar-refractivity contribution in [3.8, 4) is 0 Å². The highest BCUT2D eigenvalue weighted by Crippen LogP contribution is 2.43. The van der Waals surface area contributed by atoms with Crippen LogP contribution < -0.4 is 5.46 Å². The molecule has 0 amide bonds. The Hall–Kier alpha value is -1.83. The first-order chi connectivity index (χ1) is 19.6. The molecular weight excluding hydrogens is 677 g/mol. The quantitative estimate of drug-likeness (QED) is 0.326. The topological polar surface area (TPSA) is 103 Å². The minimum atomic E-state index is -4.89. The van der Waals surface area contributed by atoms with Gasteiger partial charge in [-0.05, 0) is 83.5 Å². The molecule has 20 heteroatoms. The van der Waals surface area contributed by atoms with E-state index in [-0.39, 0.29) is 26.9 Å². The summed E-state index contributed by atoms with van der Waals surface area (Å²) in [6, 6.07) is 1.09. The first-order valence-electron chi connectivity index (χ1n) is 12.8. The SMILES string of the molecule is CC1(C)OB(B2OC(C)(C)C(C)(C)O2)OC1(C)C.Fc1cc(Br)cnc1C(F)(F)F.OB(O)c1cnc(C(F)(F)F)c(F)c1. The third kappa shape index (κ3) is 9.13. The van der Waals surface area contributed by atoms with E-state index < -0.39 is 62.0 Å². The van der Waals surface area contributed by atoms with Gasteiger partial charge >= 0.3 is 33.5 Å². The minimum absolute atomic E-state index is 0.174. The van der Waals surface area contributed by atoms with E-state index in [2.05, 4.69) is 25.9 Å². The van der Waals surface area contributed by atoms with Gasteiger partial charge in [-0.3, -0.25) is 0 Å². The molecule has 2 aromatic rings. The van der Waals surface area contributed by atoms with Crippen molar-refractivity contribution in [2.45, 2.75) is 90.1 Å². The normalized spacial score (nSPS) is 20.0. The van der Waals surface area contributed by atoms with Gasteiger partial charge in [-0.2, -0.15) is 26.3 Å². The molecule has 0 atom stereocenters. The zero-order valence-corrected chi connectivity index (χ0v) is 26.5. The lowest BCUT2D eigenvalue weighted by molar-refractivity contribution is -0.144. The maximum Gasteiger partial charge on any atom is 0.490 e. The molecule has 2 saturated heterocycles. The third-order valence-electron chi connectivity index (χ3n) is 7.27. The highest BCUT2D eigenvalue weighted by atomic mass is 79.9. The van der Waals surface area contributed by atoms with Gasteiger partial charge in [0.25, 0.3) is 0 Å². The highest BCUT2D eigenvalue weighted by Gasteiger charge is 2.63. The third-order valence-corrected chi connectivity index (χ3v) is 7.70. The van der Waals surface area contributed by atoms with Gasteiger partial charge in [0.05, 0.1) is 22.4 Å². The number of alkyl halides is 6. The fraction of sp³-hybridized carbons (Fsp3) is 0.583. The van der Waals surface area contributed by atoms with Crippen LogP contribution in [0.1, 0.15) is 66.8 Å². The number of pyridine rings is 2. The summed E-state index contributed by atoms with van der Waals surface area (Å²) < 4.78 is 121. The Balaban J connectivity index is 0.000000236. The van der Waals surface area contributed by atoms with Crippen molar-refractivity contribution in [3.63, 3.8) is 0 Å². The van der Waals surface area contributed by atoms with Gasteiger partial charge in [-0.25, -0.2) is 18.7 Å². The van der Waals surface area contributed by atoms with Crippen LogP contribution in [0.2, 0.25) is 0 Å². The zero-order valence-electron chi connectivity index (χ0n) is 24.9. The Morgan fingerprint density at radius 3 is 1.25 bits per heavy atom. The van der Waals surface area contributed by atoms with E-state index >= 15 is 0 Å². The summed E-state index contributed by atoms with van der Waals surface area (Å²) in [4.78, 5) is 5.65. The minimum Gasteiger partial charge on any atom is -0.423 e. The number of rotatable bonds is 2. The largest absolute Gasteiger partial charge is 0.490 e. The van der Waals surface area contributed by atoms with Crippen LogP contribution in [0.3, 0.4) is 0 Å². The number of nitrogens with zero attached hydrogens (tertiary/aromatic N) is 2. The van der Waals surface area contributed by atoms with Gasteiger partial charge in [0.2, 0.25) is 0 Å². The van der Waals surface area contributed by atoms with Crippen LogP contribution in [-0.4, -0.2) is 63.6 Å². The Bertz CT molecular complexity index is 1250. The molecule has 0 radical (unpaired) electrons. The van der Waals surface area contributed by atoms with Crippen LogP contribution in [0, 0.1) is 11.6 Å². The van der Waals surface area contributed by atoms with Crippen molar-refractivity contribution in [2.75, 3.05) is 0 Å². The molecule has 2 aromatic heterocycles. The van der Waals surface area contributed by atoms with Gasteiger partial charge < -0.3 is 28.7 Å². The van der Waals surface area contributed by atoms with Gasteiger partial charge in [0.1, 0.15) is 0 Å². The first kappa shape index (κ1) is 38.4. The molecule has 0 aliphatic carbocycles. The lowest BCUT2D eigenvalue weighted by Gasteiger charge is -2.32. The van der Waals surface area contributed by atoms with Crippen LogP contribution in [0.4, 0.5) is 35.1 Å². The molecule has 2 aliphatic rings. The lowest BCUT2D eigenvalue weighted by Crippen LogP contribution is -2.41. The molecule has 2 aliphatic heterocycles. The Morgan fingerprint density at radius 1 is 0.659 bits per heavy atom. The highest BCUT2D eigenvalue weighted by molar-refractivity contribution is 9.10. The van der Waals surface area contributed by atoms with E-state index in [1.54, 1.807) is 0 Å². The van der Waals surface area contributed by atoms with Crippen molar-refractivity contribution in [2.24, 2.45) is 0 Å². The van der Waals surface area contributed by atoms with Crippen LogP contribution >= 0.6 is 15.9 Å². The Morgan fingerprint density at radius 2 is 0.977 bits per heavy atom. The molecule has 4 heterocycles. The van der Waals surface area contributed by atoms with Crippen molar-refractivity contribution in [3.05, 3.63) is 52.0 Å². The molecule has 0 unspecified atom stereocenters. The average Bonchev–Trinajstić information content (AvgIpc) is 3.17. The van der Waals surface area contributed by atoms with Crippen molar-refractivity contribution >= 4 is 42.5 Å². The second-order valence-corrected chi connectivity index (χ2v) is 12.6. The summed E-state index contributed by atoms with van der Waals surface area (Å²) in [5, 5.41) is 17.0. The second kappa shape index (κ2) is 13.1. The summed E-state index contributed by atoms with van der Waals surface area (Å²) in [5.74, 6) is -3.01. The predicted molar refractivity (Wildman–Crippen MR) is 148 cm³/mol. The maximum absolute atomic E-state index is 12.7. The van der Waals surface area contributed by atoms with E-state index in [1.807, 2.05) is 55.4 Å². The summed E-state index contributed by atoms with van der Waals surface area (Å²) in [6.45, 7) is 16.2. The van der Waals surface area contributed by atoms with Gasteiger partial charge in [-0.1, -0.05) is 0 Å². The van der Waals surface area contributed by atoms with Gasteiger partial charge in [-0.15, -0.1) is 0 Å². The Kier molecular flexibility index (Phi) is 11.4. The summed E-state index contributed by atoms with van der Waals surface area (Å²) >= 11 is 2.79. The molecule has 0 spiro atoms. The number of halogens is 9. The van der Waals surface area contributed by atoms with E-state index in [9.17, 15) is 35.1 Å². The molecule has 0 bridgehead atoms. The molecule has 4 rings (SSSR count). The standard InChI is InChI=1S/C12H24B2O4.C6H4BF4NO2.C6H2BrF4N/c1-9(2)10(3,4)16-13(15-9)14-17-11(5,6)12(7,8)18-14;8-4-1-3(7(13)14)2-12-5(4)6(9,10)11;7-3-1-4(8)5(12-2-3)6(9,10)11/h1-8H3;1-2,13-14H;1-2H. The van der Waals surface area contributed by atoms with Crippen molar-refractivity contribution in [1.29, 1.82) is 0 Å². The monoisotopic (exact) mass is 706 g/mol. The summed E-state index contributed by atoms with van der Waals surface area (Å²) in [6.07, 6.45) is -8.17. The fourth-order valence-corrected chi connectivity index (χ4v) is 3.73. The number of hydrogen-bond donors (Lipinski definition) is 2. The molecule has 0 saturated carbocycles. The van der Waals surface area contributed by atoms with E-state index in [4.69, 9.17) is 28.7 Å². The summed E-state index contributed by atoms with van der Waals surface area (Å²) in [5.41, 5.74) is -5.05. The fourth-order valence-electron chi connectivity index (χ4n) is 3.43. The number of hydrogen-bond acceptors (Lipinski definition) is 8. The summed E-state index contributed by atoms with van der Waals surface area (Å²) in [7, 11) is -2.99. The van der Waals surface area contributed by atoms with Crippen molar-refractivity contribution < 1.29 is 63.8 Å². The average molecular weight is 707 g/mol. The van der Waals surface area contributed by atoms with Crippen LogP contribution in [0.5, 0.6) is 0 Å². The van der Waals surface area contributed by atoms with Crippen molar-refractivity contribution in [1.82, 2.24) is 9.97 Å². The van der Waals surface area contributed by atoms with Crippen LogP contribution in [0.15, 0.2) is 29.0 Å². The molecule has 2 N–H and O–H groups in total. The molecular formula is C24H30B3BrF8N2O6. The van der Waals surface area contributed by atoms with Crippen LogP contribution in [-0.2, 0) is 31.0 Å². The maximum atomic E-state index is 12.7. The molecule has 8 nitrogen and oxygen atoms in total. The van der Waals surface area contributed by atoms with E-state index in [0.717, 1.165) is 12.3 Å². The molecule has 244 valence electrons. The van der Waals surface area contributed by atoms with Crippen LogP contribution in [0.25, 0.3) is 0 Å². The van der Waals surface area contributed by atoms with Gasteiger partial charge in [0, 0.05) is 22.3 Å². The Labute approximate surface area is 258 Å². The lowest BCUT2D eigenvalue weighted by atomic mass is 9.49. The first-order valence-corrected chi connectivity index (χ1v) is 13.6. The molecule has 2 fully saturated rings. The molecule has 44 heavy (non-hydrogen) atoms. The molecule has 0 aromatic carbocycles. The predicted octanol–water partition coefficient (Wildman–Crippen LogP) is 5.17.